The van der Waals surface area contributed by atoms with E-state index in [-0.39, 0.29) is 23.5 Å². The highest BCUT2D eigenvalue weighted by Crippen LogP contribution is 2.32. The van der Waals surface area contributed by atoms with Crippen LogP contribution in [0.1, 0.15) is 38.5 Å². The Morgan fingerprint density at radius 3 is 2.68 bits per heavy atom. The average Bonchev–Trinajstić information content (AvgIpc) is 3.27. The summed E-state index contributed by atoms with van der Waals surface area (Å²) in [5, 5.41) is 0. The second kappa shape index (κ2) is 6.57. The van der Waals surface area contributed by atoms with Gasteiger partial charge in [0.15, 0.2) is 9.84 Å². The third kappa shape index (κ3) is 3.51. The predicted octanol–water partition coefficient (Wildman–Crippen LogP) is 3.07. The van der Waals surface area contributed by atoms with Crippen molar-refractivity contribution in [3.8, 4) is 0 Å². The van der Waals surface area contributed by atoms with E-state index >= 15 is 0 Å². The van der Waals surface area contributed by atoms with E-state index in [1.165, 1.54) is 16.9 Å². The Labute approximate surface area is 152 Å². The molecule has 0 spiro atoms. The lowest BCUT2D eigenvalue weighted by Gasteiger charge is -2.28. The zero-order chi connectivity index (χ0) is 17.4. The molecular weight excluding hydrogens is 354 g/mol. The number of amides is 1. The first-order valence-corrected chi connectivity index (χ1v) is 11.3. The summed E-state index contributed by atoms with van der Waals surface area (Å²) in [5.74, 6) is 0.235. The highest BCUT2D eigenvalue weighted by Gasteiger charge is 2.35. The number of benzene rings is 1. The summed E-state index contributed by atoms with van der Waals surface area (Å²) in [5.41, 5.74) is 2.33. The molecule has 1 fully saturated rings. The van der Waals surface area contributed by atoms with Gasteiger partial charge in [-0.3, -0.25) is 4.79 Å². The zero-order valence-electron chi connectivity index (χ0n) is 14.0. The molecule has 2 heterocycles. The second-order valence-corrected chi connectivity index (χ2v) is 10.3. The molecule has 1 aromatic heterocycles. The molecule has 1 amide bonds. The van der Waals surface area contributed by atoms with Crippen molar-refractivity contribution < 1.29 is 13.2 Å². The van der Waals surface area contributed by atoms with E-state index in [1.54, 1.807) is 16.2 Å². The molecule has 4 nitrogen and oxygen atoms in total. The minimum absolute atomic E-state index is 0.0228. The van der Waals surface area contributed by atoms with Gasteiger partial charge in [0, 0.05) is 17.5 Å². The lowest BCUT2D eigenvalue weighted by atomic mass is 10.1. The SMILES string of the molecule is O=C(c1cc2c(s1)CCC2)N(Cc1ccccc1)C1CCS(=O)(=O)C1. The maximum atomic E-state index is 13.2. The number of rotatable bonds is 4. The smallest absolute Gasteiger partial charge is 0.264 e. The van der Waals surface area contributed by atoms with Gasteiger partial charge in [-0.25, -0.2) is 8.42 Å². The van der Waals surface area contributed by atoms with Gasteiger partial charge < -0.3 is 4.90 Å². The third-order valence-corrected chi connectivity index (χ3v) is 8.04. The van der Waals surface area contributed by atoms with Crippen LogP contribution in [0, 0.1) is 0 Å². The summed E-state index contributed by atoms with van der Waals surface area (Å²) >= 11 is 1.59. The Balaban J connectivity index is 1.63. The predicted molar refractivity (Wildman–Crippen MR) is 99.7 cm³/mol. The van der Waals surface area contributed by atoms with Crippen molar-refractivity contribution in [1.29, 1.82) is 0 Å². The van der Waals surface area contributed by atoms with Crippen LogP contribution in [0.3, 0.4) is 0 Å². The quantitative estimate of drug-likeness (QED) is 0.825. The third-order valence-electron chi connectivity index (χ3n) is 5.06. The molecular formula is C19H21NO3S2. The maximum absolute atomic E-state index is 13.2. The normalized spacial score (nSPS) is 21.2. The van der Waals surface area contributed by atoms with E-state index in [1.807, 2.05) is 36.4 Å². The van der Waals surface area contributed by atoms with E-state index in [2.05, 4.69) is 0 Å². The molecule has 1 aliphatic carbocycles. The fourth-order valence-corrected chi connectivity index (χ4v) is 6.68. The minimum atomic E-state index is -3.04. The van der Waals surface area contributed by atoms with Gasteiger partial charge in [0.25, 0.3) is 5.91 Å². The number of thiophene rings is 1. The maximum Gasteiger partial charge on any atom is 0.264 e. The summed E-state index contributed by atoms with van der Waals surface area (Å²) in [6, 6.07) is 11.6. The summed E-state index contributed by atoms with van der Waals surface area (Å²) in [6.45, 7) is 0.461. The molecule has 1 unspecified atom stereocenters. The van der Waals surface area contributed by atoms with Crippen molar-refractivity contribution in [3.05, 3.63) is 57.3 Å². The molecule has 1 saturated heterocycles. The molecule has 4 rings (SSSR count). The largest absolute Gasteiger partial charge is 0.330 e. The van der Waals surface area contributed by atoms with Gasteiger partial charge in [0.2, 0.25) is 0 Å². The molecule has 25 heavy (non-hydrogen) atoms. The van der Waals surface area contributed by atoms with Crippen LogP contribution in [0.4, 0.5) is 0 Å². The van der Waals surface area contributed by atoms with E-state index in [4.69, 9.17) is 0 Å². The van der Waals surface area contributed by atoms with Crippen LogP contribution in [0.5, 0.6) is 0 Å². The first-order valence-electron chi connectivity index (χ1n) is 8.69. The number of fused-ring (bicyclic) bond motifs is 1. The van der Waals surface area contributed by atoms with Crippen LogP contribution in [-0.2, 0) is 29.2 Å². The number of nitrogens with zero attached hydrogens (tertiary/aromatic N) is 1. The second-order valence-electron chi connectivity index (χ2n) is 6.89. The summed E-state index contributed by atoms with van der Waals surface area (Å²) in [6.07, 6.45) is 3.82. The van der Waals surface area contributed by atoms with Gasteiger partial charge in [0.05, 0.1) is 16.4 Å². The summed E-state index contributed by atoms with van der Waals surface area (Å²) < 4.78 is 23.9. The molecule has 1 aliphatic heterocycles. The van der Waals surface area contributed by atoms with Crippen LogP contribution in [0.15, 0.2) is 36.4 Å². The number of carbonyl (C=O) groups excluding carboxylic acids is 1. The number of hydrogen-bond acceptors (Lipinski definition) is 4. The highest BCUT2D eigenvalue weighted by molar-refractivity contribution is 7.91. The van der Waals surface area contributed by atoms with Crippen molar-refractivity contribution in [3.63, 3.8) is 0 Å². The van der Waals surface area contributed by atoms with Crippen molar-refractivity contribution in [1.82, 2.24) is 4.90 Å². The Morgan fingerprint density at radius 2 is 2.00 bits per heavy atom. The van der Waals surface area contributed by atoms with Crippen molar-refractivity contribution >= 4 is 27.1 Å². The molecule has 6 heteroatoms. The molecule has 132 valence electrons. The zero-order valence-corrected chi connectivity index (χ0v) is 15.6. The number of sulfone groups is 1. The lowest BCUT2D eigenvalue weighted by Crippen LogP contribution is -2.40. The van der Waals surface area contributed by atoms with Gasteiger partial charge in [-0.15, -0.1) is 11.3 Å². The number of aryl methyl sites for hydroxylation is 2. The van der Waals surface area contributed by atoms with Crippen molar-refractivity contribution in [2.45, 2.75) is 38.3 Å². The van der Waals surface area contributed by atoms with Crippen molar-refractivity contribution in [2.75, 3.05) is 11.5 Å². The standard InChI is InChI=1S/C19H21NO3S2/c21-19(18-11-15-7-4-8-17(15)24-18)20(12-14-5-2-1-3-6-14)16-9-10-25(22,23)13-16/h1-3,5-6,11,16H,4,7-10,12-13H2. The van der Waals surface area contributed by atoms with Gasteiger partial charge in [-0.2, -0.15) is 0 Å². The molecule has 1 atom stereocenters. The Morgan fingerprint density at radius 1 is 1.20 bits per heavy atom. The first kappa shape index (κ1) is 16.8. The van der Waals surface area contributed by atoms with Gasteiger partial charge in [0.1, 0.15) is 0 Å². The van der Waals surface area contributed by atoms with E-state index in [0.29, 0.717) is 13.0 Å². The average molecular weight is 376 g/mol. The topological polar surface area (TPSA) is 54.5 Å². The highest BCUT2D eigenvalue weighted by atomic mass is 32.2. The lowest BCUT2D eigenvalue weighted by molar-refractivity contribution is 0.0686. The van der Waals surface area contributed by atoms with Gasteiger partial charge in [-0.05, 0) is 42.9 Å². The number of carbonyl (C=O) groups is 1. The fourth-order valence-electron chi connectivity index (χ4n) is 3.74. The molecule has 0 radical (unpaired) electrons. The summed E-state index contributed by atoms with van der Waals surface area (Å²) in [4.78, 5) is 17.0. The molecule has 0 N–H and O–H groups in total. The van der Waals surface area contributed by atoms with E-state index in [9.17, 15) is 13.2 Å². The fraction of sp³-hybridized carbons (Fsp3) is 0.421. The molecule has 1 aromatic carbocycles. The van der Waals surface area contributed by atoms with Gasteiger partial charge in [-0.1, -0.05) is 30.3 Å². The molecule has 0 bridgehead atoms. The molecule has 0 saturated carbocycles. The molecule has 2 aromatic rings. The monoisotopic (exact) mass is 375 g/mol. The van der Waals surface area contributed by atoms with Crippen LogP contribution >= 0.6 is 11.3 Å². The number of hydrogen-bond donors (Lipinski definition) is 0. The van der Waals surface area contributed by atoms with Gasteiger partial charge >= 0.3 is 0 Å². The van der Waals surface area contributed by atoms with Crippen LogP contribution in [-0.4, -0.2) is 36.8 Å². The molecule has 2 aliphatic rings. The van der Waals surface area contributed by atoms with E-state index in [0.717, 1.165) is 23.3 Å². The first-order chi connectivity index (χ1) is 12.0. The van der Waals surface area contributed by atoms with Crippen LogP contribution in [0.25, 0.3) is 0 Å². The minimum Gasteiger partial charge on any atom is -0.330 e. The van der Waals surface area contributed by atoms with E-state index < -0.39 is 9.84 Å². The Hall–Kier alpha value is -1.66. The van der Waals surface area contributed by atoms with Crippen LogP contribution < -0.4 is 0 Å². The Bertz CT molecular complexity index is 865. The van der Waals surface area contributed by atoms with Crippen molar-refractivity contribution in [2.24, 2.45) is 0 Å². The Kier molecular flexibility index (Phi) is 4.41. The van der Waals surface area contributed by atoms with Crippen LogP contribution in [0.2, 0.25) is 0 Å². The summed E-state index contributed by atoms with van der Waals surface area (Å²) in [7, 11) is -3.04.